The van der Waals surface area contributed by atoms with Crippen molar-refractivity contribution in [3.63, 3.8) is 0 Å². The maximum Gasteiger partial charge on any atom is 2.00 e. The number of rotatable bonds is 8. The van der Waals surface area contributed by atoms with Gasteiger partial charge in [0.2, 0.25) is 11.1 Å². The zero-order chi connectivity index (χ0) is 34.3. The average Bonchev–Trinajstić information content (AvgIpc) is 3.02. The second-order valence-electron chi connectivity index (χ2n) is 11.0. The van der Waals surface area contributed by atoms with Gasteiger partial charge in [0, 0.05) is 39.0 Å². The molecule has 12 nitrogen and oxygen atoms in total. The number of halogens is 2. The second-order valence-corrected chi connectivity index (χ2v) is 11.0. The van der Waals surface area contributed by atoms with Crippen molar-refractivity contribution >= 4 is 34.9 Å². The molecule has 0 saturated heterocycles. The molecular weight excluding hydrogens is 627 g/mol. The first kappa shape index (κ1) is 38.5. The molecule has 2 heterocycles. The zero-order valence-electron chi connectivity index (χ0n) is 26.9. The number of carbonyl (C=O) groups is 2. The molecule has 0 unspecified atom stereocenters. The van der Waals surface area contributed by atoms with Gasteiger partial charge in [0.05, 0.1) is 0 Å². The number of nitrogens with one attached hydrogen (secondary N) is 2. The van der Waals surface area contributed by atoms with Crippen LogP contribution < -0.4 is 32.0 Å². The first-order chi connectivity index (χ1) is 21.6. The molecule has 15 heteroatoms. The van der Waals surface area contributed by atoms with Gasteiger partial charge in [0.1, 0.15) is 34.7 Å². The number of hydrogen-bond acceptors (Lipinski definition) is 8. The predicted molar refractivity (Wildman–Crippen MR) is 167 cm³/mol. The molecule has 0 radical (unpaired) electrons. The molecule has 4 aromatic rings. The summed E-state index contributed by atoms with van der Waals surface area (Å²) in [6.07, 6.45) is 0. The number of carbonyl (C=O) groups excluding carboxylic acids is 2. The summed E-state index contributed by atoms with van der Waals surface area (Å²) in [6, 6.07) is 11.2. The molecular formula is C32H34F2MgN6O6. The molecule has 0 aliphatic rings. The molecule has 47 heavy (non-hydrogen) atoms. The van der Waals surface area contributed by atoms with Crippen LogP contribution in [0.15, 0.2) is 58.1 Å². The van der Waals surface area contributed by atoms with Crippen molar-refractivity contribution in [3.05, 3.63) is 115 Å². The summed E-state index contributed by atoms with van der Waals surface area (Å²) >= 11 is 0. The summed E-state index contributed by atoms with van der Waals surface area (Å²) in [6.45, 7) is 7.46. The summed E-state index contributed by atoms with van der Waals surface area (Å²) in [5, 5.41) is 28.9. The quantitative estimate of drug-likeness (QED) is 0.269. The van der Waals surface area contributed by atoms with Crippen LogP contribution in [-0.2, 0) is 27.2 Å². The maximum absolute atomic E-state index is 12.8. The van der Waals surface area contributed by atoms with Crippen LogP contribution >= 0.6 is 0 Å². The normalized spacial score (nSPS) is 10.6. The number of hydrogen-bond donors (Lipinski definition) is 2. The molecule has 0 atom stereocenters. The minimum Gasteiger partial charge on any atom is -0.867 e. The molecule has 4 rings (SSSR count). The third-order valence-corrected chi connectivity index (χ3v) is 6.76. The van der Waals surface area contributed by atoms with Crippen molar-refractivity contribution in [2.75, 3.05) is 0 Å². The first-order valence-electron chi connectivity index (χ1n) is 14.2. The predicted octanol–water partition coefficient (Wildman–Crippen LogP) is 1.71. The van der Waals surface area contributed by atoms with Crippen LogP contribution in [0, 0.1) is 11.6 Å². The Morgan fingerprint density at radius 1 is 0.681 bits per heavy atom. The molecule has 0 aliphatic carbocycles. The number of benzene rings is 2. The van der Waals surface area contributed by atoms with Crippen molar-refractivity contribution in [1.82, 2.24) is 29.7 Å². The van der Waals surface area contributed by atoms with Crippen LogP contribution in [0.3, 0.4) is 0 Å². The molecule has 2 N–H and O–H groups in total. The largest absolute Gasteiger partial charge is 2.00 e. The number of aromatic nitrogens is 4. The van der Waals surface area contributed by atoms with Gasteiger partial charge in [-0.15, -0.1) is 0 Å². The van der Waals surface area contributed by atoms with Gasteiger partial charge < -0.3 is 30.0 Å². The molecule has 2 aromatic carbocycles. The minimum absolute atomic E-state index is 0. The number of amides is 2. The average molecular weight is 661 g/mol. The third kappa shape index (κ3) is 9.68. The Morgan fingerprint density at radius 2 is 0.979 bits per heavy atom. The van der Waals surface area contributed by atoms with Crippen molar-refractivity contribution in [2.45, 2.75) is 52.6 Å². The van der Waals surface area contributed by atoms with Crippen LogP contribution in [0.4, 0.5) is 8.78 Å². The Hall–Kier alpha value is -4.63. The Morgan fingerprint density at radius 3 is 1.26 bits per heavy atom. The van der Waals surface area contributed by atoms with Gasteiger partial charge in [-0.25, -0.2) is 18.7 Å². The molecule has 2 amide bonds. The molecule has 0 aliphatic heterocycles. The Balaban J connectivity index is 0.000000320. The van der Waals surface area contributed by atoms with E-state index in [1.54, 1.807) is 0 Å². The molecule has 0 fully saturated rings. The van der Waals surface area contributed by atoms with Gasteiger partial charge >= 0.3 is 23.1 Å². The summed E-state index contributed by atoms with van der Waals surface area (Å²) in [5.41, 5.74) is -1.07. The SMILES string of the molecule is CC(C)c1nc(C(=O)NCc2ccc(F)cc2)c([O-])c(=O)n1C.CC(C)c1nc(C(=O)NCc2ccc(F)cc2)c([O-])c(=O)n1C.[Mg+2]. The fourth-order valence-electron chi connectivity index (χ4n) is 4.27. The van der Waals surface area contributed by atoms with Crippen molar-refractivity contribution < 1.29 is 28.6 Å². The molecule has 0 saturated carbocycles. The Labute approximate surface area is 285 Å². The van der Waals surface area contributed by atoms with E-state index in [0.717, 1.165) is 9.13 Å². The molecule has 0 spiro atoms. The summed E-state index contributed by atoms with van der Waals surface area (Å²) in [7, 11) is 2.90. The second kappa shape index (κ2) is 16.8. The topological polar surface area (TPSA) is 174 Å². The van der Waals surface area contributed by atoms with E-state index in [2.05, 4.69) is 20.6 Å². The Bertz CT molecular complexity index is 1710. The molecule has 0 bridgehead atoms. The van der Waals surface area contributed by atoms with E-state index >= 15 is 0 Å². The summed E-state index contributed by atoms with van der Waals surface area (Å²) in [4.78, 5) is 56.2. The van der Waals surface area contributed by atoms with E-state index in [1.165, 1.54) is 62.6 Å². The van der Waals surface area contributed by atoms with E-state index in [1.807, 2.05) is 27.7 Å². The standard InChI is InChI=1S/2C16H18FN3O3.Mg/c2*1-9(2)14-19-12(13(21)16(23)20(14)3)15(22)18-8-10-4-6-11(17)7-5-10;/h2*4-7,9,21H,8H2,1-3H3,(H,18,22);/q;;+2/p-2. The summed E-state index contributed by atoms with van der Waals surface area (Å²) in [5.74, 6) is -3.58. The summed E-state index contributed by atoms with van der Waals surface area (Å²) < 4.78 is 28.0. The van der Waals surface area contributed by atoms with Crippen LogP contribution in [0.2, 0.25) is 0 Å². The van der Waals surface area contributed by atoms with Gasteiger partial charge in [-0.1, -0.05) is 52.0 Å². The van der Waals surface area contributed by atoms with Gasteiger partial charge in [0.25, 0.3) is 11.8 Å². The number of nitrogens with zero attached hydrogens (tertiary/aromatic N) is 4. The van der Waals surface area contributed by atoms with Gasteiger partial charge in [-0.3, -0.25) is 19.2 Å². The van der Waals surface area contributed by atoms with E-state index in [-0.39, 0.29) is 59.6 Å². The van der Waals surface area contributed by atoms with Crippen LogP contribution in [0.25, 0.3) is 0 Å². The van der Waals surface area contributed by atoms with Crippen molar-refractivity contribution in [1.29, 1.82) is 0 Å². The van der Waals surface area contributed by atoms with E-state index < -0.39 is 45.8 Å². The minimum atomic E-state index is -0.937. The van der Waals surface area contributed by atoms with Gasteiger partial charge in [-0.2, -0.15) is 0 Å². The van der Waals surface area contributed by atoms with Crippen molar-refractivity contribution in [3.8, 4) is 11.5 Å². The van der Waals surface area contributed by atoms with E-state index in [4.69, 9.17) is 0 Å². The van der Waals surface area contributed by atoms with Gasteiger partial charge in [-0.05, 0) is 46.9 Å². The van der Waals surface area contributed by atoms with Crippen LogP contribution in [-0.4, -0.2) is 54.0 Å². The maximum atomic E-state index is 12.8. The third-order valence-electron chi connectivity index (χ3n) is 6.76. The van der Waals surface area contributed by atoms with E-state index in [0.29, 0.717) is 22.8 Å². The monoisotopic (exact) mass is 660 g/mol. The zero-order valence-corrected chi connectivity index (χ0v) is 28.3. The smallest absolute Gasteiger partial charge is 0.867 e. The van der Waals surface area contributed by atoms with Gasteiger partial charge in [0.15, 0.2) is 0 Å². The van der Waals surface area contributed by atoms with Crippen molar-refractivity contribution in [2.24, 2.45) is 14.1 Å². The molecule has 2 aromatic heterocycles. The molecule has 244 valence electrons. The van der Waals surface area contributed by atoms with Crippen LogP contribution in [0.1, 0.15) is 83.3 Å². The fraction of sp³-hybridized carbons (Fsp3) is 0.312. The Kier molecular flexibility index (Phi) is 13.8. The fourth-order valence-corrected chi connectivity index (χ4v) is 4.27. The first-order valence-corrected chi connectivity index (χ1v) is 14.2. The van der Waals surface area contributed by atoms with E-state index in [9.17, 15) is 38.2 Å². The van der Waals surface area contributed by atoms with Crippen LogP contribution in [0.5, 0.6) is 11.5 Å².